The summed E-state index contributed by atoms with van der Waals surface area (Å²) < 4.78 is 14.6. The summed E-state index contributed by atoms with van der Waals surface area (Å²) >= 11 is 0. The SMILES string of the molecule is CC1(C)c2ccccc2-c2ccc(N(c3ccc4c(c3)C(C)(C)c3ccc5c(c3-4)-c3ccccc3C53c4ccccc4-c4ccccc43)c3cc(-c4cccc(N(c5ccc(-c6ccccc6)cc5)c5cccc(N(c6ccc7c(c6)C(C)(C)c6ccc8c(c6-7)-c6ccccc6C86c7ccccc7-c7ccccc76)c6cccc7c6oc6ccccc67)c5)c4)cc4c3oc3ccccc34)cc21. The van der Waals surface area contributed by atoms with Crippen molar-refractivity contribution in [2.45, 2.75) is 68.6 Å². The van der Waals surface area contributed by atoms with Crippen LogP contribution in [0, 0.1) is 0 Å². The maximum absolute atomic E-state index is 7.45. The molecule has 0 unspecified atom stereocenters. The van der Waals surface area contributed by atoms with Gasteiger partial charge in [-0.2, -0.15) is 0 Å². The number of benzene rings is 20. The Labute approximate surface area is 790 Å². The Kier molecular flexibility index (Phi) is 15.7. The van der Waals surface area contributed by atoms with Gasteiger partial charge in [-0.15, -0.1) is 0 Å². The summed E-state index contributed by atoms with van der Waals surface area (Å²) in [4.78, 5) is 7.43. The fraction of sp³-hybridized carbons (Fsp3) is 0.0840. The topological polar surface area (TPSA) is 36.0 Å². The highest BCUT2D eigenvalue weighted by atomic mass is 16.3. The van der Waals surface area contributed by atoms with Crippen LogP contribution in [0.25, 0.3) is 144 Å². The number of hydrogen-bond acceptors (Lipinski definition) is 5. The standard InChI is InChI=1S/C131H89N3O2/c1-127(2)103-47-19-10-37-89(103)94-64-61-87(75-114(94)127)134(88-63-66-101-116(77-88)129(5,6)111-68-70-113-124(122(101)111)99-45-16-25-53-109(99)131(113)106-50-22-13-40-92(106)93-41-14-23-51-107(93)131)118-73-81(72-102-96-43-18-27-56-120(96)136-126(102)118)80-33-28-34-83(71-80)132(82-59-57-79(58-60-82)78-31-8-7-9-32-78)84-35-29-36-85(74-84)133(117-54-30-46-97-95-42-17-26-55-119(95)135-125(97)117)86-62-65-100-115(76-86)128(3,4)110-67-69-112-123(121(100)110)98-44-15-24-52-108(98)130(112)104-48-20-11-38-90(104)91-39-12-21-49-105(91)130/h7-77H,1-6H3. The van der Waals surface area contributed by atoms with Crippen LogP contribution in [0.4, 0.5) is 51.2 Å². The summed E-state index contributed by atoms with van der Waals surface area (Å²) in [6, 6.07) is 163. The van der Waals surface area contributed by atoms with Crippen molar-refractivity contribution in [1.29, 1.82) is 0 Å². The molecule has 136 heavy (non-hydrogen) atoms. The Morgan fingerprint density at radius 3 is 1.01 bits per heavy atom. The lowest BCUT2D eigenvalue weighted by Gasteiger charge is -2.31. The second-order valence-electron chi connectivity index (χ2n) is 39.9. The van der Waals surface area contributed by atoms with Crippen LogP contribution in [0.3, 0.4) is 0 Å². The van der Waals surface area contributed by atoms with Crippen LogP contribution >= 0.6 is 0 Å². The number of hydrogen-bond donors (Lipinski definition) is 0. The van der Waals surface area contributed by atoms with E-state index in [0.29, 0.717) is 0 Å². The van der Waals surface area contributed by atoms with Crippen LogP contribution in [-0.4, -0.2) is 0 Å². The van der Waals surface area contributed by atoms with Crippen molar-refractivity contribution in [3.8, 4) is 100 Å². The van der Waals surface area contributed by atoms with E-state index in [1.165, 1.54) is 156 Å². The molecule has 2 aromatic heterocycles. The zero-order valence-electron chi connectivity index (χ0n) is 76.2. The maximum atomic E-state index is 7.45. The van der Waals surface area contributed by atoms with Gasteiger partial charge in [0.25, 0.3) is 0 Å². The van der Waals surface area contributed by atoms with Crippen molar-refractivity contribution in [3.05, 3.63) is 509 Å². The summed E-state index contributed by atoms with van der Waals surface area (Å²) in [5.74, 6) is 0. The van der Waals surface area contributed by atoms with E-state index in [0.717, 1.165) is 117 Å². The Morgan fingerprint density at radius 1 is 0.169 bits per heavy atom. The molecule has 2 heterocycles. The van der Waals surface area contributed by atoms with Crippen molar-refractivity contribution >= 4 is 95.1 Å². The summed E-state index contributed by atoms with van der Waals surface area (Å²) in [6.07, 6.45) is 0. The van der Waals surface area contributed by atoms with E-state index in [2.05, 4.69) is 487 Å². The van der Waals surface area contributed by atoms with Gasteiger partial charge in [-0.05, 0) is 287 Å². The summed E-state index contributed by atoms with van der Waals surface area (Å²) in [6.45, 7) is 14.6. The molecule has 7 aliphatic rings. The molecule has 0 N–H and O–H groups in total. The summed E-state index contributed by atoms with van der Waals surface area (Å²) in [7, 11) is 0. The van der Waals surface area contributed by atoms with Crippen molar-refractivity contribution in [2.24, 2.45) is 0 Å². The van der Waals surface area contributed by atoms with Gasteiger partial charge in [-0.1, -0.05) is 363 Å². The van der Waals surface area contributed by atoms with Crippen LogP contribution in [0.5, 0.6) is 0 Å². The highest BCUT2D eigenvalue weighted by Crippen LogP contribution is 2.70. The average Bonchev–Trinajstić information content (AvgIpc) is 1.50. The third kappa shape index (κ3) is 10.2. The van der Waals surface area contributed by atoms with Crippen molar-refractivity contribution in [3.63, 3.8) is 0 Å². The normalized spacial score (nSPS) is 14.8. The molecule has 5 nitrogen and oxygen atoms in total. The minimum atomic E-state index is -0.480. The molecule has 0 aliphatic heterocycles. The highest BCUT2D eigenvalue weighted by Gasteiger charge is 2.56. The molecule has 7 aliphatic carbocycles. The number of para-hydroxylation sites is 3. The number of anilines is 9. The molecule has 5 heteroatoms. The largest absolute Gasteiger partial charge is 0.454 e. The highest BCUT2D eigenvalue weighted by molar-refractivity contribution is 6.15. The van der Waals surface area contributed by atoms with Crippen LogP contribution < -0.4 is 14.7 Å². The minimum Gasteiger partial charge on any atom is -0.454 e. The number of rotatable bonds is 11. The van der Waals surface area contributed by atoms with E-state index in [1.54, 1.807) is 0 Å². The summed E-state index contributed by atoms with van der Waals surface area (Å²) in [5, 5.41) is 4.21. The molecule has 0 bridgehead atoms. The molecule has 20 aromatic carbocycles. The molecule has 0 saturated heterocycles. The van der Waals surface area contributed by atoms with Gasteiger partial charge in [-0.3, -0.25) is 0 Å². The van der Waals surface area contributed by atoms with Gasteiger partial charge in [0.15, 0.2) is 11.2 Å². The third-order valence-electron chi connectivity index (χ3n) is 32.2. The van der Waals surface area contributed by atoms with Gasteiger partial charge in [0.2, 0.25) is 0 Å². The van der Waals surface area contributed by atoms with Crippen LogP contribution in [0.1, 0.15) is 119 Å². The smallest absolute Gasteiger partial charge is 0.159 e. The van der Waals surface area contributed by atoms with Crippen LogP contribution in [0.2, 0.25) is 0 Å². The molecule has 29 rings (SSSR count). The van der Waals surface area contributed by atoms with E-state index in [9.17, 15) is 0 Å². The van der Waals surface area contributed by atoms with Gasteiger partial charge >= 0.3 is 0 Å². The predicted molar refractivity (Wildman–Crippen MR) is 561 cm³/mol. The first-order valence-corrected chi connectivity index (χ1v) is 47.8. The zero-order valence-corrected chi connectivity index (χ0v) is 76.2. The monoisotopic (exact) mass is 1740 g/mol. The molecule has 22 aromatic rings. The first-order chi connectivity index (χ1) is 66.7. The maximum Gasteiger partial charge on any atom is 0.159 e. The lowest BCUT2D eigenvalue weighted by atomic mass is 9.70. The Bertz CT molecular complexity index is 8910. The second kappa shape index (κ2) is 27.8. The molecule has 0 atom stereocenters. The quantitative estimate of drug-likeness (QED) is 0.129. The molecule has 0 amide bonds. The van der Waals surface area contributed by atoms with Gasteiger partial charge in [0, 0.05) is 77.6 Å². The second-order valence-corrected chi connectivity index (χ2v) is 39.9. The lowest BCUT2D eigenvalue weighted by molar-refractivity contribution is 0.659. The van der Waals surface area contributed by atoms with E-state index >= 15 is 0 Å². The molecular formula is C131H89N3O2. The fourth-order valence-corrected chi connectivity index (χ4v) is 26.3. The van der Waals surface area contributed by atoms with Crippen LogP contribution in [0.15, 0.2) is 440 Å². The van der Waals surface area contributed by atoms with Gasteiger partial charge in [0.05, 0.1) is 22.2 Å². The number of nitrogens with zero attached hydrogens (tertiary/aromatic N) is 3. The Balaban J connectivity index is 0.610. The Morgan fingerprint density at radius 2 is 0.493 bits per heavy atom. The molecular weight excluding hydrogens is 1650 g/mol. The summed E-state index contributed by atoms with van der Waals surface area (Å²) in [5.41, 5.74) is 51.4. The first-order valence-electron chi connectivity index (χ1n) is 47.8. The molecule has 0 fully saturated rings. The van der Waals surface area contributed by atoms with Crippen molar-refractivity contribution in [1.82, 2.24) is 0 Å². The van der Waals surface area contributed by atoms with E-state index in [4.69, 9.17) is 8.83 Å². The number of fused-ring (bicyclic) bond motifs is 37. The third-order valence-corrected chi connectivity index (χ3v) is 32.2. The van der Waals surface area contributed by atoms with Gasteiger partial charge < -0.3 is 23.5 Å². The molecule has 640 valence electrons. The average molecular weight is 1740 g/mol. The first kappa shape index (κ1) is 77.0. The molecule has 2 spiro atoms. The van der Waals surface area contributed by atoms with E-state index in [1.807, 2.05) is 0 Å². The van der Waals surface area contributed by atoms with Crippen molar-refractivity contribution < 1.29 is 8.83 Å². The molecule has 0 saturated carbocycles. The minimum absolute atomic E-state index is 0.293. The fourth-order valence-electron chi connectivity index (χ4n) is 26.3. The van der Waals surface area contributed by atoms with Gasteiger partial charge in [-0.25, -0.2) is 0 Å². The zero-order chi connectivity index (χ0) is 90.1. The Hall–Kier alpha value is -16.6. The van der Waals surface area contributed by atoms with Crippen LogP contribution in [-0.2, 0) is 27.1 Å². The van der Waals surface area contributed by atoms with Crippen molar-refractivity contribution in [2.75, 3.05) is 14.7 Å². The molecule has 0 radical (unpaired) electrons. The lowest BCUT2D eigenvalue weighted by Crippen LogP contribution is -2.26. The van der Waals surface area contributed by atoms with E-state index < -0.39 is 21.7 Å². The predicted octanol–water partition coefficient (Wildman–Crippen LogP) is 34.8. The van der Waals surface area contributed by atoms with E-state index in [-0.39, 0.29) is 5.41 Å². The number of furan rings is 2. The van der Waals surface area contributed by atoms with Gasteiger partial charge in [0.1, 0.15) is 11.2 Å².